The second-order valence-electron chi connectivity index (χ2n) is 3.37. The van der Waals surface area contributed by atoms with E-state index in [9.17, 15) is 13.2 Å². The summed E-state index contributed by atoms with van der Waals surface area (Å²) in [5, 5.41) is 0. The first-order chi connectivity index (χ1) is 5.31. The van der Waals surface area contributed by atoms with Crippen molar-refractivity contribution in [2.45, 2.75) is 39.5 Å². The topological polar surface area (TPSA) is 9.23 Å². The van der Waals surface area contributed by atoms with Gasteiger partial charge in [0.2, 0.25) is 0 Å². The molecular formula is C8H15F3O. The fourth-order valence-electron chi connectivity index (χ4n) is 0.969. The van der Waals surface area contributed by atoms with Crippen molar-refractivity contribution >= 4 is 0 Å². The number of ether oxygens (including phenoxy) is 1. The van der Waals surface area contributed by atoms with Crippen LogP contribution in [-0.4, -0.2) is 18.9 Å². The lowest BCUT2D eigenvalue weighted by Gasteiger charge is -2.16. The van der Waals surface area contributed by atoms with Crippen LogP contribution in [0.25, 0.3) is 0 Å². The highest BCUT2D eigenvalue weighted by Gasteiger charge is 2.28. The Labute approximate surface area is 70.9 Å². The van der Waals surface area contributed by atoms with Gasteiger partial charge in [0, 0.05) is 0 Å². The molecule has 0 aliphatic rings. The van der Waals surface area contributed by atoms with Crippen molar-refractivity contribution in [2.75, 3.05) is 6.61 Å². The lowest BCUT2D eigenvalue weighted by atomic mass is 10.1. The zero-order valence-electron chi connectivity index (χ0n) is 7.61. The van der Waals surface area contributed by atoms with E-state index in [-0.39, 0.29) is 6.10 Å². The molecule has 0 fully saturated rings. The molecule has 0 spiro atoms. The summed E-state index contributed by atoms with van der Waals surface area (Å²) in [7, 11) is 0. The molecule has 0 saturated carbocycles. The van der Waals surface area contributed by atoms with E-state index in [0.29, 0.717) is 12.3 Å². The van der Waals surface area contributed by atoms with Gasteiger partial charge in [-0.05, 0) is 19.3 Å². The summed E-state index contributed by atoms with van der Waals surface area (Å²) >= 11 is 0. The fraction of sp³-hybridized carbons (Fsp3) is 1.00. The molecule has 0 heterocycles. The maximum Gasteiger partial charge on any atom is 0.411 e. The maximum atomic E-state index is 11.6. The minimum Gasteiger partial charge on any atom is -0.369 e. The van der Waals surface area contributed by atoms with Crippen LogP contribution >= 0.6 is 0 Å². The van der Waals surface area contributed by atoms with Gasteiger partial charge in [0.1, 0.15) is 6.61 Å². The summed E-state index contributed by atoms with van der Waals surface area (Å²) in [6.07, 6.45) is -3.85. The summed E-state index contributed by atoms with van der Waals surface area (Å²) < 4.78 is 39.5. The Morgan fingerprint density at radius 1 is 1.17 bits per heavy atom. The molecular weight excluding hydrogens is 169 g/mol. The van der Waals surface area contributed by atoms with Crippen LogP contribution in [0.4, 0.5) is 13.2 Å². The van der Waals surface area contributed by atoms with Gasteiger partial charge in [-0.3, -0.25) is 0 Å². The summed E-state index contributed by atoms with van der Waals surface area (Å²) in [5.41, 5.74) is 0. The first kappa shape index (κ1) is 11.8. The van der Waals surface area contributed by atoms with E-state index in [0.717, 1.165) is 0 Å². The molecule has 1 nitrogen and oxygen atoms in total. The monoisotopic (exact) mass is 184 g/mol. The van der Waals surface area contributed by atoms with Crippen LogP contribution in [0.1, 0.15) is 27.2 Å². The third-order valence-electron chi connectivity index (χ3n) is 1.33. The normalized spacial score (nSPS) is 15.2. The molecule has 0 aliphatic heterocycles. The standard InChI is InChI=1S/C8H15F3O/c1-6(2)4-7(3)12-5-8(9,10)11/h6-7H,4-5H2,1-3H3/t7-/m0/s1. The van der Waals surface area contributed by atoms with Gasteiger partial charge in [-0.2, -0.15) is 13.2 Å². The lowest BCUT2D eigenvalue weighted by molar-refractivity contribution is -0.184. The molecule has 0 aliphatic carbocycles. The van der Waals surface area contributed by atoms with Gasteiger partial charge in [-0.1, -0.05) is 13.8 Å². The largest absolute Gasteiger partial charge is 0.411 e. The SMILES string of the molecule is CC(C)C[C@H](C)OCC(F)(F)F. The molecule has 0 N–H and O–H groups in total. The highest BCUT2D eigenvalue weighted by Crippen LogP contribution is 2.17. The average molecular weight is 184 g/mol. The molecule has 12 heavy (non-hydrogen) atoms. The maximum absolute atomic E-state index is 11.6. The number of hydrogen-bond donors (Lipinski definition) is 0. The second kappa shape index (κ2) is 4.70. The Hall–Kier alpha value is -0.250. The molecule has 74 valence electrons. The first-order valence-electron chi connectivity index (χ1n) is 3.99. The van der Waals surface area contributed by atoms with Crippen molar-refractivity contribution < 1.29 is 17.9 Å². The predicted molar refractivity (Wildman–Crippen MR) is 40.9 cm³/mol. The predicted octanol–water partition coefficient (Wildman–Crippen LogP) is 3.00. The number of rotatable bonds is 4. The Morgan fingerprint density at radius 3 is 2.00 bits per heavy atom. The van der Waals surface area contributed by atoms with E-state index in [2.05, 4.69) is 4.74 Å². The van der Waals surface area contributed by atoms with E-state index in [4.69, 9.17) is 0 Å². The first-order valence-corrected chi connectivity index (χ1v) is 3.99. The van der Waals surface area contributed by atoms with E-state index < -0.39 is 12.8 Å². The highest BCUT2D eigenvalue weighted by molar-refractivity contribution is 4.56. The van der Waals surface area contributed by atoms with Gasteiger partial charge in [0.05, 0.1) is 6.10 Å². The van der Waals surface area contributed by atoms with Crippen LogP contribution in [0.2, 0.25) is 0 Å². The van der Waals surface area contributed by atoms with E-state index in [1.54, 1.807) is 6.92 Å². The van der Waals surface area contributed by atoms with Gasteiger partial charge in [0.15, 0.2) is 0 Å². The average Bonchev–Trinajstić information content (AvgIpc) is 1.80. The van der Waals surface area contributed by atoms with Crippen molar-refractivity contribution in [2.24, 2.45) is 5.92 Å². The Morgan fingerprint density at radius 2 is 1.67 bits per heavy atom. The Kier molecular flexibility index (Phi) is 4.60. The summed E-state index contributed by atoms with van der Waals surface area (Å²) in [5.74, 6) is 0.369. The second-order valence-corrected chi connectivity index (χ2v) is 3.37. The summed E-state index contributed by atoms with van der Waals surface area (Å²) in [6.45, 7) is 4.42. The fourth-order valence-corrected chi connectivity index (χ4v) is 0.969. The number of alkyl halides is 3. The molecule has 0 unspecified atom stereocenters. The molecule has 1 atom stereocenters. The van der Waals surface area contributed by atoms with Crippen molar-refractivity contribution in [1.82, 2.24) is 0 Å². The molecule has 0 rings (SSSR count). The minimum absolute atomic E-state index is 0.313. The van der Waals surface area contributed by atoms with Crippen LogP contribution in [-0.2, 0) is 4.74 Å². The zero-order chi connectivity index (χ0) is 9.78. The molecule has 0 aromatic heterocycles. The Bertz CT molecular complexity index is 120. The van der Waals surface area contributed by atoms with Crippen LogP contribution in [0, 0.1) is 5.92 Å². The van der Waals surface area contributed by atoms with Crippen molar-refractivity contribution in [3.8, 4) is 0 Å². The smallest absolute Gasteiger partial charge is 0.369 e. The van der Waals surface area contributed by atoms with Gasteiger partial charge in [-0.25, -0.2) is 0 Å². The minimum atomic E-state index is -4.20. The van der Waals surface area contributed by atoms with Crippen LogP contribution in [0.3, 0.4) is 0 Å². The molecule has 0 bridgehead atoms. The van der Waals surface area contributed by atoms with Crippen LogP contribution in [0.5, 0.6) is 0 Å². The van der Waals surface area contributed by atoms with E-state index in [1.807, 2.05) is 13.8 Å². The van der Waals surface area contributed by atoms with Crippen molar-refractivity contribution in [1.29, 1.82) is 0 Å². The van der Waals surface area contributed by atoms with Crippen molar-refractivity contribution in [3.63, 3.8) is 0 Å². The zero-order valence-corrected chi connectivity index (χ0v) is 7.61. The third kappa shape index (κ3) is 7.85. The molecule has 0 aromatic carbocycles. The molecule has 0 saturated heterocycles. The Balaban J connectivity index is 3.51. The number of hydrogen-bond acceptors (Lipinski definition) is 1. The third-order valence-corrected chi connectivity index (χ3v) is 1.33. The lowest BCUT2D eigenvalue weighted by Crippen LogP contribution is -2.22. The molecule has 4 heteroatoms. The quantitative estimate of drug-likeness (QED) is 0.652. The van der Waals surface area contributed by atoms with E-state index in [1.165, 1.54) is 0 Å². The highest BCUT2D eigenvalue weighted by atomic mass is 19.4. The van der Waals surface area contributed by atoms with Gasteiger partial charge in [0.25, 0.3) is 0 Å². The number of halogens is 3. The summed E-state index contributed by atoms with van der Waals surface area (Å²) in [4.78, 5) is 0. The molecule has 0 amide bonds. The summed E-state index contributed by atoms with van der Waals surface area (Å²) in [6, 6.07) is 0. The molecule has 0 radical (unpaired) electrons. The van der Waals surface area contributed by atoms with E-state index >= 15 is 0 Å². The van der Waals surface area contributed by atoms with Crippen LogP contribution < -0.4 is 0 Å². The van der Waals surface area contributed by atoms with Crippen molar-refractivity contribution in [3.05, 3.63) is 0 Å². The van der Waals surface area contributed by atoms with Gasteiger partial charge < -0.3 is 4.74 Å². The van der Waals surface area contributed by atoms with Crippen LogP contribution in [0.15, 0.2) is 0 Å². The van der Waals surface area contributed by atoms with Gasteiger partial charge >= 0.3 is 6.18 Å². The molecule has 0 aromatic rings. The van der Waals surface area contributed by atoms with Gasteiger partial charge in [-0.15, -0.1) is 0 Å².